The third kappa shape index (κ3) is 3.15. The summed E-state index contributed by atoms with van der Waals surface area (Å²) in [6.07, 6.45) is 0.603. The zero-order valence-electron chi connectivity index (χ0n) is 10.5. The first-order valence-corrected chi connectivity index (χ1v) is 5.94. The number of carbonyl (C=O) groups is 2. The van der Waals surface area contributed by atoms with Crippen molar-refractivity contribution >= 4 is 17.5 Å². The molecule has 1 aliphatic heterocycles. The average molecular weight is 263 g/mol. The first-order chi connectivity index (χ1) is 9.10. The van der Waals surface area contributed by atoms with Gasteiger partial charge in [0.05, 0.1) is 6.54 Å². The second-order valence-corrected chi connectivity index (χ2v) is 4.20. The Hall–Kier alpha value is -2.24. The minimum Gasteiger partial charge on any atom is -0.354 e. The van der Waals surface area contributed by atoms with Crippen molar-refractivity contribution in [2.24, 2.45) is 5.10 Å². The van der Waals surface area contributed by atoms with Gasteiger partial charge >= 0.3 is 0 Å². The summed E-state index contributed by atoms with van der Waals surface area (Å²) in [7, 11) is 1.52. The maximum absolute atomic E-state index is 12.8. The quantitative estimate of drug-likeness (QED) is 0.886. The number of nitrogens with one attached hydrogen (secondary N) is 1. The van der Waals surface area contributed by atoms with E-state index in [0.29, 0.717) is 12.1 Å². The summed E-state index contributed by atoms with van der Waals surface area (Å²) in [6, 6.07) is 5.83. The molecule has 0 saturated carbocycles. The molecule has 6 heteroatoms. The molecule has 5 nitrogen and oxygen atoms in total. The molecule has 0 fully saturated rings. The molecular formula is C13H14FN3O2. The highest BCUT2D eigenvalue weighted by molar-refractivity contribution is 6.39. The second kappa shape index (κ2) is 5.60. The Bertz CT molecular complexity index is 525. The zero-order valence-corrected chi connectivity index (χ0v) is 10.5. The van der Waals surface area contributed by atoms with E-state index in [2.05, 4.69) is 10.4 Å². The summed E-state index contributed by atoms with van der Waals surface area (Å²) in [5, 5.41) is 7.78. The molecule has 100 valence electrons. The Morgan fingerprint density at radius 2 is 2.05 bits per heavy atom. The van der Waals surface area contributed by atoms with Gasteiger partial charge in [0.25, 0.3) is 5.91 Å². The molecule has 0 aliphatic carbocycles. The van der Waals surface area contributed by atoms with Crippen molar-refractivity contribution in [2.75, 3.05) is 7.05 Å². The van der Waals surface area contributed by atoms with E-state index in [9.17, 15) is 14.0 Å². The van der Waals surface area contributed by atoms with Gasteiger partial charge in [0.15, 0.2) is 0 Å². The molecule has 0 bridgehead atoms. The first-order valence-electron chi connectivity index (χ1n) is 5.94. The molecule has 2 rings (SSSR count). The van der Waals surface area contributed by atoms with Gasteiger partial charge in [-0.25, -0.2) is 9.40 Å². The molecule has 0 aromatic heterocycles. The molecule has 1 heterocycles. The van der Waals surface area contributed by atoms with Crippen LogP contribution in [0.15, 0.2) is 29.4 Å². The number of hydrazone groups is 1. The van der Waals surface area contributed by atoms with E-state index in [1.54, 1.807) is 12.1 Å². The molecule has 0 spiro atoms. The topological polar surface area (TPSA) is 61.8 Å². The van der Waals surface area contributed by atoms with Gasteiger partial charge in [-0.15, -0.1) is 0 Å². The number of hydrogen-bond donors (Lipinski definition) is 1. The smallest absolute Gasteiger partial charge is 0.267 e. The van der Waals surface area contributed by atoms with Gasteiger partial charge in [-0.05, 0) is 17.7 Å². The number of carbonyl (C=O) groups excluding carboxylic acids is 2. The highest BCUT2D eigenvalue weighted by Crippen LogP contribution is 2.14. The molecule has 0 unspecified atom stereocenters. The fourth-order valence-corrected chi connectivity index (χ4v) is 1.80. The van der Waals surface area contributed by atoms with Gasteiger partial charge in [-0.1, -0.05) is 12.1 Å². The van der Waals surface area contributed by atoms with E-state index in [4.69, 9.17) is 0 Å². The van der Waals surface area contributed by atoms with Gasteiger partial charge in [-0.2, -0.15) is 5.10 Å². The lowest BCUT2D eigenvalue weighted by atomic mass is 10.1. The number of amides is 2. The molecule has 19 heavy (non-hydrogen) atoms. The minimum absolute atomic E-state index is 0.142. The van der Waals surface area contributed by atoms with E-state index in [0.717, 1.165) is 5.56 Å². The van der Waals surface area contributed by atoms with Gasteiger partial charge in [-0.3, -0.25) is 9.59 Å². The first kappa shape index (κ1) is 13.2. The van der Waals surface area contributed by atoms with Crippen LogP contribution in [-0.2, 0) is 16.1 Å². The molecule has 1 aromatic carbocycles. The van der Waals surface area contributed by atoms with E-state index in [1.165, 1.54) is 24.2 Å². The summed E-state index contributed by atoms with van der Waals surface area (Å²) in [5.74, 6) is -0.753. The van der Waals surface area contributed by atoms with Crippen LogP contribution in [0.25, 0.3) is 0 Å². The van der Waals surface area contributed by atoms with Crippen LogP contribution in [0.5, 0.6) is 0 Å². The lowest BCUT2D eigenvalue weighted by Gasteiger charge is -2.22. The molecule has 0 radical (unpaired) electrons. The van der Waals surface area contributed by atoms with Crippen LogP contribution < -0.4 is 5.32 Å². The SMILES string of the molecule is CNC(=O)C1=NN(Cc2ccc(F)cc2)C(=O)CC1. The van der Waals surface area contributed by atoms with Crippen LogP contribution in [0.2, 0.25) is 0 Å². The Labute approximate surface area is 110 Å². The summed E-state index contributed by atoms with van der Waals surface area (Å²) in [6.45, 7) is 0.236. The molecule has 1 aliphatic rings. The van der Waals surface area contributed by atoms with Crippen LogP contribution in [0.1, 0.15) is 18.4 Å². The fraction of sp³-hybridized carbons (Fsp3) is 0.308. The van der Waals surface area contributed by atoms with Gasteiger partial charge < -0.3 is 5.32 Å². The standard InChI is InChI=1S/C13H14FN3O2/c1-15-13(19)11-6-7-12(18)17(16-11)8-9-2-4-10(14)5-3-9/h2-5H,6-8H2,1H3,(H,15,19). The zero-order chi connectivity index (χ0) is 13.8. The van der Waals surface area contributed by atoms with Crippen LogP contribution in [-0.4, -0.2) is 29.6 Å². The van der Waals surface area contributed by atoms with Crippen molar-refractivity contribution in [1.82, 2.24) is 10.3 Å². The van der Waals surface area contributed by atoms with E-state index < -0.39 is 0 Å². The van der Waals surface area contributed by atoms with Crippen molar-refractivity contribution in [3.63, 3.8) is 0 Å². The van der Waals surface area contributed by atoms with Crippen LogP contribution >= 0.6 is 0 Å². The molecule has 1 N–H and O–H groups in total. The van der Waals surface area contributed by atoms with Crippen molar-refractivity contribution in [1.29, 1.82) is 0 Å². The molecular weight excluding hydrogens is 249 g/mol. The van der Waals surface area contributed by atoms with E-state index in [1.807, 2.05) is 0 Å². The molecule has 0 atom stereocenters. The Kier molecular flexibility index (Phi) is 3.89. The Morgan fingerprint density at radius 1 is 1.37 bits per heavy atom. The minimum atomic E-state index is -0.330. The van der Waals surface area contributed by atoms with Gasteiger partial charge in [0.1, 0.15) is 11.5 Å². The van der Waals surface area contributed by atoms with E-state index in [-0.39, 0.29) is 30.6 Å². The number of rotatable bonds is 3. The summed E-state index contributed by atoms with van der Waals surface area (Å²) in [4.78, 5) is 23.2. The summed E-state index contributed by atoms with van der Waals surface area (Å²) in [5.41, 5.74) is 1.10. The largest absolute Gasteiger partial charge is 0.354 e. The highest BCUT2D eigenvalue weighted by atomic mass is 19.1. The second-order valence-electron chi connectivity index (χ2n) is 4.20. The third-order valence-electron chi connectivity index (χ3n) is 2.84. The third-order valence-corrected chi connectivity index (χ3v) is 2.84. The maximum Gasteiger partial charge on any atom is 0.267 e. The van der Waals surface area contributed by atoms with Crippen LogP contribution in [0, 0.1) is 5.82 Å². The average Bonchev–Trinajstić information content (AvgIpc) is 2.43. The van der Waals surface area contributed by atoms with E-state index >= 15 is 0 Å². The Morgan fingerprint density at radius 3 is 2.68 bits per heavy atom. The van der Waals surface area contributed by atoms with Crippen molar-refractivity contribution < 1.29 is 14.0 Å². The molecule has 2 amide bonds. The molecule has 1 aromatic rings. The predicted molar refractivity (Wildman–Crippen MR) is 67.7 cm³/mol. The normalized spacial score (nSPS) is 15.2. The fourth-order valence-electron chi connectivity index (χ4n) is 1.80. The monoisotopic (exact) mass is 263 g/mol. The van der Waals surface area contributed by atoms with Crippen LogP contribution in [0.3, 0.4) is 0 Å². The number of benzene rings is 1. The number of halogens is 1. The lowest BCUT2D eigenvalue weighted by molar-refractivity contribution is -0.132. The number of nitrogens with zero attached hydrogens (tertiary/aromatic N) is 2. The van der Waals surface area contributed by atoms with Gasteiger partial charge in [0.2, 0.25) is 5.91 Å². The summed E-state index contributed by atoms with van der Waals surface area (Å²) < 4.78 is 12.8. The van der Waals surface area contributed by atoms with Crippen molar-refractivity contribution in [3.8, 4) is 0 Å². The highest BCUT2D eigenvalue weighted by Gasteiger charge is 2.23. The molecule has 0 saturated heterocycles. The van der Waals surface area contributed by atoms with Gasteiger partial charge in [0, 0.05) is 19.9 Å². The number of hydrogen-bond acceptors (Lipinski definition) is 3. The maximum atomic E-state index is 12.8. The predicted octanol–water partition coefficient (Wildman–Crippen LogP) is 1.05. The summed E-state index contributed by atoms with van der Waals surface area (Å²) >= 11 is 0. The van der Waals surface area contributed by atoms with Crippen molar-refractivity contribution in [2.45, 2.75) is 19.4 Å². The lowest BCUT2D eigenvalue weighted by Crippen LogP contribution is -2.37. The van der Waals surface area contributed by atoms with Crippen molar-refractivity contribution in [3.05, 3.63) is 35.6 Å². The Balaban J connectivity index is 2.15. The van der Waals surface area contributed by atoms with Crippen LogP contribution in [0.4, 0.5) is 4.39 Å².